The van der Waals surface area contributed by atoms with Gasteiger partial charge in [-0.25, -0.2) is 4.39 Å². The first-order chi connectivity index (χ1) is 8.63. The maximum atomic E-state index is 13.4. The van der Waals surface area contributed by atoms with Crippen molar-refractivity contribution >= 4 is 5.69 Å². The standard InChI is InChI=1S/C15H25FN2/c1-4-10-15(5-2,12-17)18(6-3)14-9-7-8-13(16)11-14/h7-9,11H,4-6,10,12,17H2,1-3H3. The van der Waals surface area contributed by atoms with E-state index in [4.69, 9.17) is 5.73 Å². The molecule has 0 fully saturated rings. The minimum Gasteiger partial charge on any atom is -0.365 e. The summed E-state index contributed by atoms with van der Waals surface area (Å²) in [5, 5.41) is 0. The van der Waals surface area contributed by atoms with Crippen LogP contribution < -0.4 is 10.6 Å². The first kappa shape index (κ1) is 15.0. The van der Waals surface area contributed by atoms with Crippen LogP contribution in [0.5, 0.6) is 0 Å². The van der Waals surface area contributed by atoms with Gasteiger partial charge < -0.3 is 10.6 Å². The zero-order valence-electron chi connectivity index (χ0n) is 11.7. The molecule has 3 heteroatoms. The van der Waals surface area contributed by atoms with E-state index in [1.807, 2.05) is 6.07 Å². The van der Waals surface area contributed by atoms with Crippen LogP contribution in [-0.4, -0.2) is 18.6 Å². The highest BCUT2D eigenvalue weighted by Crippen LogP contribution is 2.30. The van der Waals surface area contributed by atoms with Crippen LogP contribution in [0.1, 0.15) is 40.0 Å². The highest BCUT2D eigenvalue weighted by Gasteiger charge is 2.32. The van der Waals surface area contributed by atoms with Crippen molar-refractivity contribution in [3.63, 3.8) is 0 Å². The number of likely N-dealkylation sites (N-methyl/N-ethyl adjacent to an activating group) is 1. The van der Waals surface area contributed by atoms with E-state index in [0.29, 0.717) is 6.54 Å². The van der Waals surface area contributed by atoms with Crippen molar-refractivity contribution in [3.05, 3.63) is 30.1 Å². The van der Waals surface area contributed by atoms with Crippen LogP contribution in [0.4, 0.5) is 10.1 Å². The van der Waals surface area contributed by atoms with E-state index in [2.05, 4.69) is 25.7 Å². The molecule has 0 aliphatic rings. The lowest BCUT2D eigenvalue weighted by molar-refractivity contribution is 0.354. The Bertz CT molecular complexity index is 361. The van der Waals surface area contributed by atoms with E-state index in [-0.39, 0.29) is 11.4 Å². The second-order valence-electron chi connectivity index (χ2n) is 4.76. The van der Waals surface area contributed by atoms with Crippen molar-refractivity contribution in [2.45, 2.75) is 45.6 Å². The van der Waals surface area contributed by atoms with E-state index in [1.54, 1.807) is 12.1 Å². The molecule has 0 aliphatic heterocycles. The number of benzene rings is 1. The maximum absolute atomic E-state index is 13.4. The largest absolute Gasteiger partial charge is 0.365 e. The van der Waals surface area contributed by atoms with Gasteiger partial charge in [-0.1, -0.05) is 26.3 Å². The fourth-order valence-electron chi connectivity index (χ4n) is 2.76. The zero-order valence-corrected chi connectivity index (χ0v) is 11.7. The average molecular weight is 252 g/mol. The van der Waals surface area contributed by atoms with E-state index in [0.717, 1.165) is 31.5 Å². The SMILES string of the molecule is CCCC(CC)(CN)N(CC)c1cccc(F)c1. The maximum Gasteiger partial charge on any atom is 0.125 e. The van der Waals surface area contributed by atoms with E-state index in [9.17, 15) is 4.39 Å². The number of nitrogens with two attached hydrogens (primary N) is 1. The van der Waals surface area contributed by atoms with Crippen LogP contribution >= 0.6 is 0 Å². The van der Waals surface area contributed by atoms with Crippen LogP contribution in [0, 0.1) is 5.82 Å². The lowest BCUT2D eigenvalue weighted by Gasteiger charge is -2.44. The van der Waals surface area contributed by atoms with Crippen LogP contribution in [0.15, 0.2) is 24.3 Å². The molecule has 1 unspecified atom stereocenters. The molecule has 1 aromatic carbocycles. The molecule has 102 valence electrons. The summed E-state index contributed by atoms with van der Waals surface area (Å²) in [6.07, 6.45) is 3.09. The van der Waals surface area contributed by atoms with Crippen molar-refractivity contribution in [2.75, 3.05) is 18.0 Å². The molecule has 2 N–H and O–H groups in total. The molecule has 1 aromatic rings. The topological polar surface area (TPSA) is 29.3 Å². The van der Waals surface area contributed by atoms with Crippen LogP contribution in [0.3, 0.4) is 0 Å². The number of rotatable bonds is 7. The van der Waals surface area contributed by atoms with Crippen molar-refractivity contribution in [1.29, 1.82) is 0 Å². The Labute approximate surface area is 110 Å². The molecule has 1 rings (SSSR count). The van der Waals surface area contributed by atoms with Gasteiger partial charge in [-0.05, 0) is 38.0 Å². The number of halogens is 1. The lowest BCUT2D eigenvalue weighted by atomic mass is 9.88. The minimum absolute atomic E-state index is 0.0582. The van der Waals surface area contributed by atoms with Gasteiger partial charge in [0.25, 0.3) is 0 Å². The molecule has 0 radical (unpaired) electrons. The number of nitrogens with zero attached hydrogens (tertiary/aromatic N) is 1. The van der Waals surface area contributed by atoms with Gasteiger partial charge >= 0.3 is 0 Å². The van der Waals surface area contributed by atoms with Gasteiger partial charge in [0.2, 0.25) is 0 Å². The summed E-state index contributed by atoms with van der Waals surface area (Å²) in [7, 11) is 0. The normalized spacial score (nSPS) is 14.3. The third-order valence-electron chi connectivity index (χ3n) is 3.76. The Balaban J connectivity index is 3.13. The lowest BCUT2D eigenvalue weighted by Crippen LogP contribution is -2.54. The number of hydrogen-bond donors (Lipinski definition) is 1. The van der Waals surface area contributed by atoms with Crippen LogP contribution in [-0.2, 0) is 0 Å². The smallest absolute Gasteiger partial charge is 0.125 e. The second kappa shape index (κ2) is 6.74. The van der Waals surface area contributed by atoms with Crippen molar-refractivity contribution < 1.29 is 4.39 Å². The van der Waals surface area contributed by atoms with Gasteiger partial charge in [-0.3, -0.25) is 0 Å². The summed E-state index contributed by atoms with van der Waals surface area (Å²) in [4.78, 5) is 2.25. The highest BCUT2D eigenvalue weighted by atomic mass is 19.1. The Morgan fingerprint density at radius 2 is 2.00 bits per heavy atom. The molecule has 0 spiro atoms. The average Bonchev–Trinajstić information content (AvgIpc) is 2.38. The first-order valence-corrected chi connectivity index (χ1v) is 6.86. The Kier molecular flexibility index (Phi) is 5.60. The fraction of sp³-hybridized carbons (Fsp3) is 0.600. The summed E-state index contributed by atoms with van der Waals surface area (Å²) in [6.45, 7) is 7.86. The Hall–Kier alpha value is -1.09. The predicted octanol–water partition coefficient (Wildman–Crippen LogP) is 3.56. The molecule has 2 nitrogen and oxygen atoms in total. The molecule has 0 aromatic heterocycles. The van der Waals surface area contributed by atoms with Crippen LogP contribution in [0.25, 0.3) is 0 Å². The molecule has 0 saturated heterocycles. The Morgan fingerprint density at radius 3 is 2.44 bits per heavy atom. The molecular weight excluding hydrogens is 227 g/mol. The first-order valence-electron chi connectivity index (χ1n) is 6.86. The third-order valence-corrected chi connectivity index (χ3v) is 3.76. The molecular formula is C15H25FN2. The number of hydrogen-bond acceptors (Lipinski definition) is 2. The zero-order chi connectivity index (χ0) is 13.6. The minimum atomic E-state index is -0.190. The van der Waals surface area contributed by atoms with E-state index in [1.165, 1.54) is 6.07 Å². The van der Waals surface area contributed by atoms with Crippen LogP contribution in [0.2, 0.25) is 0 Å². The summed E-state index contributed by atoms with van der Waals surface area (Å²) < 4.78 is 13.4. The summed E-state index contributed by atoms with van der Waals surface area (Å²) in [6, 6.07) is 6.80. The van der Waals surface area contributed by atoms with Crippen molar-refractivity contribution in [3.8, 4) is 0 Å². The molecule has 1 atom stereocenters. The van der Waals surface area contributed by atoms with Gasteiger partial charge in [0.05, 0.1) is 5.54 Å². The third kappa shape index (κ3) is 3.02. The molecule has 0 aliphatic carbocycles. The van der Waals surface area contributed by atoms with E-state index < -0.39 is 0 Å². The fourth-order valence-corrected chi connectivity index (χ4v) is 2.76. The van der Waals surface area contributed by atoms with E-state index >= 15 is 0 Å². The molecule has 0 saturated carbocycles. The van der Waals surface area contributed by atoms with Crippen molar-refractivity contribution in [1.82, 2.24) is 0 Å². The quantitative estimate of drug-likeness (QED) is 0.804. The van der Waals surface area contributed by atoms with Gasteiger partial charge in [0.15, 0.2) is 0 Å². The molecule has 18 heavy (non-hydrogen) atoms. The predicted molar refractivity (Wildman–Crippen MR) is 76.4 cm³/mol. The summed E-state index contributed by atoms with van der Waals surface area (Å²) in [5.74, 6) is -0.190. The molecule has 0 bridgehead atoms. The van der Waals surface area contributed by atoms with Gasteiger partial charge in [-0.15, -0.1) is 0 Å². The highest BCUT2D eigenvalue weighted by molar-refractivity contribution is 5.49. The Morgan fingerprint density at radius 1 is 1.28 bits per heavy atom. The molecule has 0 heterocycles. The second-order valence-corrected chi connectivity index (χ2v) is 4.76. The van der Waals surface area contributed by atoms with Gasteiger partial charge in [-0.2, -0.15) is 0 Å². The van der Waals surface area contributed by atoms with Gasteiger partial charge in [0.1, 0.15) is 5.82 Å². The molecule has 0 amide bonds. The summed E-state index contributed by atoms with van der Waals surface area (Å²) >= 11 is 0. The van der Waals surface area contributed by atoms with Gasteiger partial charge in [0, 0.05) is 18.8 Å². The monoisotopic (exact) mass is 252 g/mol. The van der Waals surface area contributed by atoms with Crippen molar-refractivity contribution in [2.24, 2.45) is 5.73 Å². The summed E-state index contributed by atoms with van der Waals surface area (Å²) in [5.41, 5.74) is 6.89. The number of anilines is 1.